The molecule has 4 aromatic heterocycles. The summed E-state index contributed by atoms with van der Waals surface area (Å²) in [6, 6.07) is 40.1. The van der Waals surface area contributed by atoms with E-state index in [-0.39, 0.29) is 0 Å². The number of hydrogen-bond donors (Lipinski definition) is 0. The van der Waals surface area contributed by atoms with Gasteiger partial charge in [0.1, 0.15) is 17.0 Å². The molecule has 5 nitrogen and oxygen atoms in total. The average Bonchev–Trinajstić information content (AvgIpc) is 3.60. The minimum atomic E-state index is 0.870. The largest absolute Gasteiger partial charge is 0.298 e. The zero-order valence-corrected chi connectivity index (χ0v) is 22.0. The normalized spacial score (nSPS) is 11.7. The molecule has 0 aliphatic heterocycles. The van der Waals surface area contributed by atoms with E-state index in [9.17, 15) is 0 Å². The van der Waals surface area contributed by atoms with Crippen LogP contribution in [-0.2, 0) is 6.42 Å². The molecule has 0 radical (unpaired) electrons. The second-order valence-electron chi connectivity index (χ2n) is 10.0. The van der Waals surface area contributed by atoms with Crippen molar-refractivity contribution in [3.63, 3.8) is 0 Å². The van der Waals surface area contributed by atoms with Crippen molar-refractivity contribution < 1.29 is 0 Å². The van der Waals surface area contributed by atoms with Crippen molar-refractivity contribution in [3.8, 4) is 28.1 Å². The molecule has 8 aromatic rings. The van der Waals surface area contributed by atoms with Crippen LogP contribution >= 0.6 is 0 Å². The fraction of sp³-hybridized carbons (Fsp3) is 0.0571. The van der Waals surface area contributed by atoms with Gasteiger partial charge in [-0.25, -0.2) is 15.0 Å². The number of aryl methyl sites for hydroxylation is 1. The molecule has 0 fully saturated rings. The summed E-state index contributed by atoms with van der Waals surface area (Å²) in [5.74, 6) is 1.07. The van der Waals surface area contributed by atoms with Crippen molar-refractivity contribution in [3.05, 3.63) is 127 Å². The summed E-state index contributed by atoms with van der Waals surface area (Å²) in [5, 5.41) is 1.06. The molecule has 8 rings (SSSR count). The standard InChI is InChI=1S/C35H25N5/c1-2-31-36-29-14-5-6-15-30(29)40(31)26-19-17-23(18-20-26)24-10-9-11-25(22-24)33-35-34(27-12-3-4-13-28(27)37-33)38-32-16-7-8-21-39(32)35/h3-22H,2H2,1H3. The monoisotopic (exact) mass is 515 g/mol. The molecule has 0 aliphatic carbocycles. The van der Waals surface area contributed by atoms with Gasteiger partial charge in [0.25, 0.3) is 0 Å². The van der Waals surface area contributed by atoms with Crippen LogP contribution in [0.2, 0.25) is 0 Å². The quantitative estimate of drug-likeness (QED) is 0.237. The topological polar surface area (TPSA) is 48.0 Å². The molecule has 0 spiro atoms. The number of imidazole rings is 2. The van der Waals surface area contributed by atoms with E-state index in [0.29, 0.717) is 0 Å². The smallest absolute Gasteiger partial charge is 0.137 e. The van der Waals surface area contributed by atoms with Gasteiger partial charge in [0.05, 0.1) is 27.8 Å². The third-order valence-corrected chi connectivity index (χ3v) is 7.69. The van der Waals surface area contributed by atoms with Crippen LogP contribution in [0.25, 0.3) is 66.7 Å². The first-order valence-electron chi connectivity index (χ1n) is 13.6. The number of para-hydroxylation sites is 3. The van der Waals surface area contributed by atoms with Crippen LogP contribution in [0.4, 0.5) is 0 Å². The molecule has 5 heteroatoms. The predicted octanol–water partition coefficient (Wildman–Crippen LogP) is 8.27. The lowest BCUT2D eigenvalue weighted by Gasteiger charge is -2.11. The van der Waals surface area contributed by atoms with Gasteiger partial charge in [0.2, 0.25) is 0 Å². The molecule has 0 aliphatic rings. The first-order valence-corrected chi connectivity index (χ1v) is 13.6. The third-order valence-electron chi connectivity index (χ3n) is 7.69. The maximum atomic E-state index is 5.16. The molecule has 0 atom stereocenters. The number of nitrogens with zero attached hydrogens (tertiary/aromatic N) is 5. The highest BCUT2D eigenvalue weighted by Crippen LogP contribution is 2.35. The minimum absolute atomic E-state index is 0.870. The molecule has 0 N–H and O–H groups in total. The Morgan fingerprint density at radius 1 is 0.625 bits per heavy atom. The lowest BCUT2D eigenvalue weighted by Crippen LogP contribution is -1.99. The van der Waals surface area contributed by atoms with Gasteiger partial charge >= 0.3 is 0 Å². The molecule has 0 saturated heterocycles. The van der Waals surface area contributed by atoms with Crippen LogP contribution in [0.5, 0.6) is 0 Å². The number of fused-ring (bicyclic) bond motifs is 6. The summed E-state index contributed by atoms with van der Waals surface area (Å²) < 4.78 is 4.41. The van der Waals surface area contributed by atoms with E-state index in [4.69, 9.17) is 15.0 Å². The number of pyridine rings is 2. The third kappa shape index (κ3) is 3.45. The van der Waals surface area contributed by atoms with E-state index in [1.807, 2.05) is 36.4 Å². The second kappa shape index (κ2) is 8.89. The molecule has 0 unspecified atom stereocenters. The molecule has 0 saturated carbocycles. The van der Waals surface area contributed by atoms with Gasteiger partial charge in [0.15, 0.2) is 0 Å². The molecule has 4 aromatic carbocycles. The maximum absolute atomic E-state index is 5.16. The highest BCUT2D eigenvalue weighted by atomic mass is 15.1. The summed E-state index contributed by atoms with van der Waals surface area (Å²) in [6.45, 7) is 2.15. The zero-order chi connectivity index (χ0) is 26.6. The van der Waals surface area contributed by atoms with Crippen LogP contribution in [-0.4, -0.2) is 23.9 Å². The first-order chi connectivity index (χ1) is 19.8. The van der Waals surface area contributed by atoms with Crippen LogP contribution < -0.4 is 0 Å². The summed E-state index contributed by atoms with van der Waals surface area (Å²) in [7, 11) is 0. The van der Waals surface area contributed by atoms with E-state index >= 15 is 0 Å². The van der Waals surface area contributed by atoms with Gasteiger partial charge < -0.3 is 0 Å². The molecule has 190 valence electrons. The highest BCUT2D eigenvalue weighted by Gasteiger charge is 2.17. The van der Waals surface area contributed by atoms with Crippen molar-refractivity contribution in [2.24, 2.45) is 0 Å². The van der Waals surface area contributed by atoms with E-state index in [1.165, 1.54) is 0 Å². The Labute approximate surface area is 231 Å². The molecular weight excluding hydrogens is 490 g/mol. The molecule has 40 heavy (non-hydrogen) atoms. The fourth-order valence-corrected chi connectivity index (χ4v) is 5.81. The Hall–Kier alpha value is -5.29. The van der Waals surface area contributed by atoms with Crippen molar-refractivity contribution in [1.29, 1.82) is 0 Å². The zero-order valence-electron chi connectivity index (χ0n) is 22.0. The number of hydrogen-bond acceptors (Lipinski definition) is 3. The lowest BCUT2D eigenvalue weighted by molar-refractivity contribution is 0.908. The van der Waals surface area contributed by atoms with Crippen LogP contribution in [0.1, 0.15) is 12.7 Å². The van der Waals surface area contributed by atoms with Crippen LogP contribution in [0, 0.1) is 0 Å². The Bertz CT molecular complexity index is 2200. The van der Waals surface area contributed by atoms with Crippen LogP contribution in [0.15, 0.2) is 121 Å². The Balaban J connectivity index is 1.26. The summed E-state index contributed by atoms with van der Waals surface area (Å²) >= 11 is 0. The van der Waals surface area contributed by atoms with E-state index in [0.717, 1.165) is 78.9 Å². The van der Waals surface area contributed by atoms with E-state index < -0.39 is 0 Å². The van der Waals surface area contributed by atoms with Crippen molar-refractivity contribution in [2.75, 3.05) is 0 Å². The lowest BCUT2D eigenvalue weighted by atomic mass is 10.00. The summed E-state index contributed by atoms with van der Waals surface area (Å²) in [6.07, 6.45) is 2.94. The Morgan fingerprint density at radius 2 is 1.40 bits per heavy atom. The Kier molecular flexibility index (Phi) is 5.04. The highest BCUT2D eigenvalue weighted by molar-refractivity contribution is 6.09. The van der Waals surface area contributed by atoms with Gasteiger partial charge in [-0.05, 0) is 59.7 Å². The van der Waals surface area contributed by atoms with Gasteiger partial charge in [-0.3, -0.25) is 8.97 Å². The fourth-order valence-electron chi connectivity index (χ4n) is 5.81. The number of rotatable bonds is 4. The molecule has 4 heterocycles. The van der Waals surface area contributed by atoms with Gasteiger partial charge in [0, 0.05) is 29.3 Å². The summed E-state index contributed by atoms with van der Waals surface area (Å²) in [5.41, 5.74) is 11.4. The van der Waals surface area contributed by atoms with Gasteiger partial charge in [-0.1, -0.05) is 73.7 Å². The van der Waals surface area contributed by atoms with Crippen molar-refractivity contribution >= 4 is 38.6 Å². The Morgan fingerprint density at radius 3 is 2.27 bits per heavy atom. The maximum Gasteiger partial charge on any atom is 0.137 e. The van der Waals surface area contributed by atoms with Gasteiger partial charge in [-0.15, -0.1) is 0 Å². The second-order valence-corrected chi connectivity index (χ2v) is 10.0. The SMILES string of the molecule is CCc1nc2ccccc2n1-c1ccc(-c2cccc(-c3nc4ccccc4c4nc5ccccn5c34)c2)cc1. The number of benzene rings is 4. The molecular formula is C35H25N5. The summed E-state index contributed by atoms with van der Waals surface area (Å²) in [4.78, 5) is 15.0. The molecule has 0 amide bonds. The average molecular weight is 516 g/mol. The van der Waals surface area contributed by atoms with Crippen molar-refractivity contribution in [1.82, 2.24) is 23.9 Å². The van der Waals surface area contributed by atoms with E-state index in [2.05, 4.69) is 101 Å². The van der Waals surface area contributed by atoms with Gasteiger partial charge in [-0.2, -0.15) is 0 Å². The van der Waals surface area contributed by atoms with Crippen LogP contribution in [0.3, 0.4) is 0 Å². The van der Waals surface area contributed by atoms with E-state index in [1.54, 1.807) is 0 Å². The molecule has 0 bridgehead atoms. The first kappa shape index (κ1) is 22.7. The number of aromatic nitrogens is 5. The van der Waals surface area contributed by atoms with Crippen molar-refractivity contribution in [2.45, 2.75) is 13.3 Å². The minimum Gasteiger partial charge on any atom is -0.298 e. The predicted molar refractivity (Wildman–Crippen MR) is 163 cm³/mol.